The summed E-state index contributed by atoms with van der Waals surface area (Å²) < 4.78 is 13.8. The first-order valence-electron chi connectivity index (χ1n) is 6.68. The normalized spacial score (nSPS) is 13.6. The number of nitrogens with one attached hydrogen (secondary N) is 1. The Morgan fingerprint density at radius 3 is 2.55 bits per heavy atom. The first-order chi connectivity index (χ1) is 8.86. The molecule has 0 bridgehead atoms. The molecule has 0 radical (unpaired) electrons. The summed E-state index contributed by atoms with van der Waals surface area (Å²) in [6.07, 6.45) is 0.979. The third kappa shape index (κ3) is 5.64. The van der Waals surface area contributed by atoms with Crippen LogP contribution in [0.1, 0.15) is 39.7 Å². The quantitative estimate of drug-likeness (QED) is 0.458. The van der Waals surface area contributed by atoms with E-state index in [1.807, 2.05) is 26.8 Å². The lowest BCUT2D eigenvalue weighted by Gasteiger charge is -2.24. The van der Waals surface area contributed by atoms with Crippen LogP contribution in [0.3, 0.4) is 0 Å². The third-order valence-electron chi connectivity index (χ3n) is 3.25. The summed E-state index contributed by atoms with van der Waals surface area (Å²) in [6, 6.07) is 7.09. The van der Waals surface area contributed by atoms with Crippen molar-refractivity contribution >= 4 is 29.9 Å². The second-order valence-electron chi connectivity index (χ2n) is 5.52. The molecular formula is C15H25FIN3. The fourth-order valence-corrected chi connectivity index (χ4v) is 1.78. The van der Waals surface area contributed by atoms with E-state index in [0.29, 0.717) is 24.1 Å². The molecule has 0 fully saturated rings. The number of halogens is 2. The standard InChI is InChI=1S/C15H24FN3.HI/c1-5-11(2)19-14(17)18-10-15(3,4)12-8-6-7-9-13(12)16;/h6-9,11H,5,10H2,1-4H3,(H3,17,18,19);1H. The Morgan fingerprint density at radius 2 is 2.00 bits per heavy atom. The van der Waals surface area contributed by atoms with Crippen LogP contribution in [-0.2, 0) is 5.41 Å². The number of nitrogens with two attached hydrogens (primary N) is 1. The van der Waals surface area contributed by atoms with Gasteiger partial charge in [0.1, 0.15) is 5.82 Å². The number of rotatable bonds is 5. The molecule has 0 aliphatic heterocycles. The number of hydrogen-bond acceptors (Lipinski definition) is 1. The van der Waals surface area contributed by atoms with Gasteiger partial charge < -0.3 is 11.1 Å². The van der Waals surface area contributed by atoms with Crippen LogP contribution < -0.4 is 11.1 Å². The van der Waals surface area contributed by atoms with Crippen molar-refractivity contribution in [3.8, 4) is 0 Å². The van der Waals surface area contributed by atoms with E-state index in [9.17, 15) is 4.39 Å². The van der Waals surface area contributed by atoms with Crippen molar-refractivity contribution in [3.05, 3.63) is 35.6 Å². The number of guanidine groups is 1. The van der Waals surface area contributed by atoms with Gasteiger partial charge in [-0.15, -0.1) is 24.0 Å². The van der Waals surface area contributed by atoms with Gasteiger partial charge in [0.2, 0.25) is 0 Å². The molecule has 1 aromatic rings. The van der Waals surface area contributed by atoms with Crippen molar-refractivity contribution < 1.29 is 4.39 Å². The Labute approximate surface area is 138 Å². The third-order valence-corrected chi connectivity index (χ3v) is 3.25. The lowest BCUT2D eigenvalue weighted by atomic mass is 9.84. The summed E-state index contributed by atoms with van der Waals surface area (Å²) in [4.78, 5) is 4.32. The van der Waals surface area contributed by atoms with Crippen molar-refractivity contribution in [1.82, 2.24) is 5.32 Å². The minimum atomic E-state index is -0.382. The number of hydrogen-bond donors (Lipinski definition) is 2. The van der Waals surface area contributed by atoms with Gasteiger partial charge in [0.15, 0.2) is 5.96 Å². The SMILES string of the molecule is CCC(C)NC(N)=NCC(C)(C)c1ccccc1F.I. The van der Waals surface area contributed by atoms with Crippen LogP contribution in [0.15, 0.2) is 29.3 Å². The molecule has 1 aromatic carbocycles. The minimum absolute atomic E-state index is 0. The number of aliphatic imine (C=N–C) groups is 1. The van der Waals surface area contributed by atoms with Gasteiger partial charge >= 0.3 is 0 Å². The zero-order valence-corrected chi connectivity index (χ0v) is 14.9. The van der Waals surface area contributed by atoms with E-state index in [2.05, 4.69) is 17.2 Å². The second kappa shape index (κ2) is 8.44. The fourth-order valence-electron chi connectivity index (χ4n) is 1.78. The minimum Gasteiger partial charge on any atom is -0.370 e. The van der Waals surface area contributed by atoms with Gasteiger partial charge in [-0.1, -0.05) is 39.0 Å². The molecule has 0 saturated carbocycles. The van der Waals surface area contributed by atoms with Crippen LogP contribution in [0.25, 0.3) is 0 Å². The lowest BCUT2D eigenvalue weighted by Crippen LogP contribution is -2.39. The maximum atomic E-state index is 13.8. The number of benzene rings is 1. The van der Waals surface area contributed by atoms with Gasteiger partial charge in [0.05, 0.1) is 6.54 Å². The van der Waals surface area contributed by atoms with E-state index < -0.39 is 0 Å². The summed E-state index contributed by atoms with van der Waals surface area (Å²) in [6.45, 7) is 8.50. The molecule has 1 unspecified atom stereocenters. The van der Waals surface area contributed by atoms with Gasteiger partial charge in [0, 0.05) is 11.5 Å². The highest BCUT2D eigenvalue weighted by atomic mass is 127. The molecule has 0 spiro atoms. The average Bonchev–Trinajstić information content (AvgIpc) is 2.36. The Kier molecular flexibility index (Phi) is 8.08. The molecule has 5 heteroatoms. The molecule has 0 saturated heterocycles. The zero-order valence-electron chi connectivity index (χ0n) is 12.6. The summed E-state index contributed by atoms with van der Waals surface area (Å²) in [5.74, 6) is 0.218. The van der Waals surface area contributed by atoms with Crippen LogP contribution in [0.5, 0.6) is 0 Å². The molecule has 1 rings (SSSR count). The molecule has 20 heavy (non-hydrogen) atoms. The van der Waals surface area contributed by atoms with Crippen molar-refractivity contribution in [1.29, 1.82) is 0 Å². The molecule has 1 atom stereocenters. The fraction of sp³-hybridized carbons (Fsp3) is 0.533. The maximum Gasteiger partial charge on any atom is 0.188 e. The largest absolute Gasteiger partial charge is 0.370 e. The zero-order chi connectivity index (χ0) is 14.5. The van der Waals surface area contributed by atoms with E-state index in [-0.39, 0.29) is 35.2 Å². The lowest BCUT2D eigenvalue weighted by molar-refractivity contribution is 0.492. The van der Waals surface area contributed by atoms with E-state index in [0.717, 1.165) is 6.42 Å². The molecule has 3 N–H and O–H groups in total. The van der Waals surface area contributed by atoms with Gasteiger partial charge in [0.25, 0.3) is 0 Å². The Bertz CT molecular complexity index is 446. The Balaban J connectivity index is 0.00000361. The number of nitrogens with zero attached hydrogens (tertiary/aromatic N) is 1. The van der Waals surface area contributed by atoms with Gasteiger partial charge in [-0.25, -0.2) is 4.39 Å². The van der Waals surface area contributed by atoms with E-state index in [4.69, 9.17) is 5.73 Å². The Hall–Kier alpha value is -0.850. The molecule has 114 valence electrons. The second-order valence-corrected chi connectivity index (χ2v) is 5.52. The van der Waals surface area contributed by atoms with Crippen molar-refractivity contribution in [2.24, 2.45) is 10.7 Å². The van der Waals surface area contributed by atoms with Crippen LogP contribution >= 0.6 is 24.0 Å². The molecule has 0 heterocycles. The molecule has 0 aliphatic rings. The van der Waals surface area contributed by atoms with E-state index in [1.165, 1.54) is 6.07 Å². The van der Waals surface area contributed by atoms with Crippen LogP contribution in [0, 0.1) is 5.82 Å². The highest BCUT2D eigenvalue weighted by molar-refractivity contribution is 14.0. The summed E-state index contributed by atoms with van der Waals surface area (Å²) in [5.41, 5.74) is 6.10. The first kappa shape index (κ1) is 19.1. The first-order valence-corrected chi connectivity index (χ1v) is 6.68. The summed E-state index contributed by atoms with van der Waals surface area (Å²) in [5, 5.41) is 3.10. The van der Waals surface area contributed by atoms with Gasteiger partial charge in [-0.05, 0) is 25.0 Å². The molecular weight excluding hydrogens is 368 g/mol. The van der Waals surface area contributed by atoms with E-state index in [1.54, 1.807) is 12.1 Å². The highest BCUT2D eigenvalue weighted by Crippen LogP contribution is 2.25. The smallest absolute Gasteiger partial charge is 0.188 e. The van der Waals surface area contributed by atoms with Crippen molar-refractivity contribution in [2.45, 2.75) is 45.6 Å². The van der Waals surface area contributed by atoms with Gasteiger partial charge in [-0.2, -0.15) is 0 Å². The predicted molar refractivity (Wildman–Crippen MR) is 94.2 cm³/mol. The monoisotopic (exact) mass is 393 g/mol. The predicted octanol–water partition coefficient (Wildman–Crippen LogP) is 3.42. The molecule has 0 amide bonds. The summed E-state index contributed by atoms with van der Waals surface area (Å²) in [7, 11) is 0. The topological polar surface area (TPSA) is 50.4 Å². The molecule has 0 aliphatic carbocycles. The van der Waals surface area contributed by atoms with Crippen molar-refractivity contribution in [3.63, 3.8) is 0 Å². The maximum absolute atomic E-state index is 13.8. The van der Waals surface area contributed by atoms with Crippen molar-refractivity contribution in [2.75, 3.05) is 6.54 Å². The van der Waals surface area contributed by atoms with Gasteiger partial charge in [-0.3, -0.25) is 4.99 Å². The van der Waals surface area contributed by atoms with Crippen LogP contribution in [-0.4, -0.2) is 18.5 Å². The van der Waals surface area contributed by atoms with Crippen LogP contribution in [0.2, 0.25) is 0 Å². The van der Waals surface area contributed by atoms with Crippen LogP contribution in [0.4, 0.5) is 4.39 Å². The summed E-state index contributed by atoms with van der Waals surface area (Å²) >= 11 is 0. The Morgan fingerprint density at radius 1 is 1.40 bits per heavy atom. The van der Waals surface area contributed by atoms with E-state index >= 15 is 0 Å². The molecule has 0 aromatic heterocycles. The highest BCUT2D eigenvalue weighted by Gasteiger charge is 2.23. The average molecular weight is 393 g/mol. The molecule has 3 nitrogen and oxygen atoms in total.